The third kappa shape index (κ3) is 31.7. The summed E-state index contributed by atoms with van der Waals surface area (Å²) in [7, 11) is -3.65. The van der Waals surface area contributed by atoms with Crippen LogP contribution in [0.5, 0.6) is 0 Å². The first-order valence-electron chi connectivity index (χ1n) is 21.1. The van der Waals surface area contributed by atoms with Gasteiger partial charge < -0.3 is 40.0 Å². The van der Waals surface area contributed by atoms with Crippen LogP contribution in [0.15, 0.2) is 30.3 Å². The molecule has 1 aliphatic rings. The highest BCUT2D eigenvalue weighted by Gasteiger charge is 2.31. The second kappa shape index (κ2) is 29.2. The molecule has 0 bridgehead atoms. The minimum atomic E-state index is -3.65. The molecular weight excluding hydrogens is 797 g/mol. The molecule has 0 saturated carbocycles. The fourth-order valence-electron chi connectivity index (χ4n) is 5.29. The lowest BCUT2D eigenvalue weighted by Gasteiger charge is -2.33. The number of carbonyl (C=O) groups is 4. The zero-order chi connectivity index (χ0) is 46.0. The van der Waals surface area contributed by atoms with Gasteiger partial charge in [-0.1, -0.05) is 57.0 Å². The molecule has 4 N–H and O–H groups in total. The maximum atomic E-state index is 13.1. The van der Waals surface area contributed by atoms with Crippen molar-refractivity contribution in [2.45, 2.75) is 156 Å². The lowest BCUT2D eigenvalue weighted by molar-refractivity contribution is -0.165. The lowest BCUT2D eigenvalue weighted by atomic mass is 10.1. The van der Waals surface area contributed by atoms with E-state index in [1.54, 1.807) is 41.5 Å². The van der Waals surface area contributed by atoms with Gasteiger partial charge in [0.1, 0.15) is 29.5 Å². The number of ether oxygens (including phenoxy) is 4. The van der Waals surface area contributed by atoms with E-state index in [1.807, 2.05) is 65.0 Å². The molecule has 1 aromatic carbocycles. The Balaban J connectivity index is 0.00000103. The normalized spacial score (nSPS) is 16.4. The van der Waals surface area contributed by atoms with E-state index < -0.39 is 57.1 Å². The van der Waals surface area contributed by atoms with E-state index in [0.717, 1.165) is 57.5 Å². The van der Waals surface area contributed by atoms with Crippen LogP contribution in [0.4, 0.5) is 0 Å². The molecule has 16 nitrogen and oxygen atoms in total. The number of carbonyl (C=O) groups excluding carboxylic acids is 4. The van der Waals surface area contributed by atoms with Gasteiger partial charge in [-0.15, -0.1) is 0 Å². The second-order valence-corrected chi connectivity index (χ2v) is 19.1. The van der Waals surface area contributed by atoms with E-state index in [2.05, 4.69) is 25.0 Å². The monoisotopic (exact) mass is 875 g/mol. The van der Waals surface area contributed by atoms with Gasteiger partial charge in [0.15, 0.2) is 12.2 Å². The first kappa shape index (κ1) is 56.8. The van der Waals surface area contributed by atoms with Crippen molar-refractivity contribution in [1.29, 1.82) is 0 Å². The molecule has 1 aromatic rings. The number of benzene rings is 1. The molecule has 1 fully saturated rings. The van der Waals surface area contributed by atoms with Gasteiger partial charge >= 0.3 is 23.9 Å². The fraction of sp³-hybridized carbons (Fsp3) is 0.767. The summed E-state index contributed by atoms with van der Waals surface area (Å²) in [5, 5.41) is 19.4. The molecule has 3 atom stereocenters. The van der Waals surface area contributed by atoms with Crippen molar-refractivity contribution in [3.05, 3.63) is 35.9 Å². The third-order valence-electron chi connectivity index (χ3n) is 7.85. The molecule has 1 heterocycles. The van der Waals surface area contributed by atoms with E-state index in [1.165, 1.54) is 0 Å². The summed E-state index contributed by atoms with van der Waals surface area (Å²) in [6.07, 6.45) is 1.65. The summed E-state index contributed by atoms with van der Waals surface area (Å²) in [5.41, 5.74) is -0.799. The maximum Gasteiger partial charge on any atom is 0.337 e. The Morgan fingerprint density at radius 2 is 1.13 bits per heavy atom. The number of nitrogens with zero attached hydrogens (tertiary/aromatic N) is 1. The van der Waals surface area contributed by atoms with Gasteiger partial charge in [0.25, 0.3) is 10.1 Å². The summed E-state index contributed by atoms with van der Waals surface area (Å²) in [6, 6.07) is 9.09. The molecule has 1 saturated heterocycles. The van der Waals surface area contributed by atoms with Crippen molar-refractivity contribution in [3.8, 4) is 0 Å². The largest absolute Gasteiger partial charge is 0.461 e. The van der Waals surface area contributed by atoms with Crippen LogP contribution < -0.4 is 16.0 Å². The summed E-state index contributed by atoms with van der Waals surface area (Å²) < 4.78 is 47.8. The number of esters is 4. The van der Waals surface area contributed by atoms with Crippen LogP contribution in [0.1, 0.15) is 120 Å². The van der Waals surface area contributed by atoms with E-state index >= 15 is 0 Å². The standard InChI is InChI=1S/C24H40N4O4.C10H20O5S.C9H18O3/c1-24(2,3)32-23(30)21(9-10-22(29)31-19-20-7-5-4-6-8-20)28-17-15-26-13-11-25-12-14-27-16-18-28;1-6-7-8(15-16(5,12)13)9(11)14-10(2,3)4;1-5-6-7(10)8(11)12-9(2,3)4/h4-8,21,25-27H,9-19H2,1-3H3;8H,6-7H2,1-5H3;7,10H,5-6H2,1-4H3/t21-;8-;7-/m110/s1. The molecule has 60 heavy (non-hydrogen) atoms. The summed E-state index contributed by atoms with van der Waals surface area (Å²) in [5.74, 6) is -1.76. The van der Waals surface area contributed by atoms with Crippen LogP contribution in [0, 0.1) is 0 Å². The predicted octanol–water partition coefficient (Wildman–Crippen LogP) is 4.27. The molecule has 0 aliphatic carbocycles. The van der Waals surface area contributed by atoms with Crippen LogP contribution in [-0.2, 0) is 59.0 Å². The lowest BCUT2D eigenvalue weighted by Crippen LogP contribution is -2.50. The molecule has 17 heteroatoms. The molecule has 0 unspecified atom stereocenters. The van der Waals surface area contributed by atoms with E-state index in [-0.39, 0.29) is 25.0 Å². The Kier molecular flexibility index (Phi) is 27.6. The molecule has 2 rings (SSSR count). The Morgan fingerprint density at radius 1 is 0.683 bits per heavy atom. The molecule has 0 aromatic heterocycles. The van der Waals surface area contributed by atoms with Crippen molar-refractivity contribution in [2.24, 2.45) is 0 Å². The highest BCUT2D eigenvalue weighted by atomic mass is 32.2. The molecular formula is C43H78N4O12S. The summed E-state index contributed by atoms with van der Waals surface area (Å²) >= 11 is 0. The predicted molar refractivity (Wildman–Crippen MR) is 233 cm³/mol. The van der Waals surface area contributed by atoms with Crippen molar-refractivity contribution in [3.63, 3.8) is 0 Å². The van der Waals surface area contributed by atoms with Crippen molar-refractivity contribution in [2.75, 3.05) is 58.6 Å². The maximum absolute atomic E-state index is 13.1. The summed E-state index contributed by atoms with van der Waals surface area (Å²) in [4.78, 5) is 50.3. The van der Waals surface area contributed by atoms with Gasteiger partial charge in [-0.25, -0.2) is 9.59 Å². The van der Waals surface area contributed by atoms with Crippen LogP contribution in [-0.4, -0.2) is 136 Å². The highest BCUT2D eigenvalue weighted by Crippen LogP contribution is 2.17. The second-order valence-electron chi connectivity index (χ2n) is 17.5. The molecule has 0 amide bonds. The van der Waals surface area contributed by atoms with E-state index in [9.17, 15) is 32.7 Å². The van der Waals surface area contributed by atoms with E-state index in [0.29, 0.717) is 38.8 Å². The zero-order valence-corrected chi connectivity index (χ0v) is 39.3. The Morgan fingerprint density at radius 3 is 1.58 bits per heavy atom. The number of rotatable bonds is 15. The Bertz CT molecular complexity index is 1460. The minimum Gasteiger partial charge on any atom is -0.461 e. The van der Waals surface area contributed by atoms with Crippen LogP contribution in [0.25, 0.3) is 0 Å². The minimum absolute atomic E-state index is 0.165. The number of aliphatic hydroxyl groups excluding tert-OH is 1. The Labute approximate surface area is 360 Å². The number of hydrogen-bond acceptors (Lipinski definition) is 16. The van der Waals surface area contributed by atoms with Crippen molar-refractivity contribution >= 4 is 34.0 Å². The third-order valence-corrected chi connectivity index (χ3v) is 8.43. The molecule has 348 valence electrons. The average Bonchev–Trinajstić information content (AvgIpc) is 3.10. The first-order chi connectivity index (χ1) is 27.8. The van der Waals surface area contributed by atoms with E-state index in [4.69, 9.17) is 18.9 Å². The SMILES string of the molecule is CC(C)(C)OC(=O)[C@@H](CCC(=O)OCc1ccccc1)N1CCNCCNCCNCC1.CCC[C@@H](OS(C)(=O)=O)C(=O)OC(C)(C)C.CCC[C@H](O)C(=O)OC(C)(C)C. The first-order valence-corrected chi connectivity index (χ1v) is 22.9. The number of nitrogens with one attached hydrogen (secondary N) is 3. The highest BCUT2D eigenvalue weighted by molar-refractivity contribution is 7.86. The van der Waals surface area contributed by atoms with Gasteiger partial charge in [-0.05, 0) is 87.1 Å². The van der Waals surface area contributed by atoms with Gasteiger partial charge in [-0.2, -0.15) is 8.42 Å². The molecule has 1 aliphatic heterocycles. The van der Waals surface area contributed by atoms with Gasteiger partial charge in [0.2, 0.25) is 0 Å². The van der Waals surface area contributed by atoms with Crippen LogP contribution in [0.3, 0.4) is 0 Å². The van der Waals surface area contributed by atoms with Crippen molar-refractivity contribution < 1.29 is 55.8 Å². The van der Waals surface area contributed by atoms with Gasteiger partial charge in [0, 0.05) is 58.8 Å². The Hall–Kier alpha value is -3.19. The van der Waals surface area contributed by atoms with Crippen molar-refractivity contribution in [1.82, 2.24) is 20.9 Å². The topological polar surface area (TPSA) is 208 Å². The quantitative estimate of drug-likeness (QED) is 0.110. The number of aliphatic hydroxyl groups is 1. The summed E-state index contributed by atoms with van der Waals surface area (Å²) in [6.45, 7) is 26.6. The van der Waals surface area contributed by atoms with Crippen LogP contribution in [0.2, 0.25) is 0 Å². The van der Waals surface area contributed by atoms with Gasteiger partial charge in [0.05, 0.1) is 6.26 Å². The zero-order valence-electron chi connectivity index (χ0n) is 38.5. The van der Waals surface area contributed by atoms with Crippen LogP contribution >= 0.6 is 0 Å². The smallest absolute Gasteiger partial charge is 0.337 e. The molecule has 0 spiro atoms. The average molecular weight is 875 g/mol. The fourth-order valence-corrected chi connectivity index (χ4v) is 5.89. The molecule has 0 radical (unpaired) electrons. The van der Waals surface area contributed by atoms with Gasteiger partial charge in [-0.3, -0.25) is 18.7 Å². The number of hydrogen-bond donors (Lipinski definition) is 4.